The van der Waals surface area contributed by atoms with Crippen molar-refractivity contribution in [3.63, 3.8) is 0 Å². The van der Waals surface area contributed by atoms with E-state index in [-0.39, 0.29) is 0 Å². The normalized spacial score (nSPS) is 13.4. The largest absolute Gasteiger partial charge is 0.258 e. The fourth-order valence-electron chi connectivity index (χ4n) is 1.33. The monoisotopic (exact) mass is 213 g/mol. The fraction of sp³-hybridized carbons (Fsp3) is 0.267. The van der Waals surface area contributed by atoms with Crippen molar-refractivity contribution in [1.82, 2.24) is 0 Å². The predicted octanol–water partition coefficient (Wildman–Crippen LogP) is 4.47. The van der Waals surface area contributed by atoms with E-state index >= 15 is 0 Å². The van der Waals surface area contributed by atoms with Crippen LogP contribution in [0.3, 0.4) is 0 Å². The first kappa shape index (κ1) is 12.4. The Hall–Kier alpha value is -1.63. The Morgan fingerprint density at radius 1 is 1.00 bits per heavy atom. The summed E-state index contributed by atoms with van der Waals surface area (Å²) in [6.45, 7) is 12.0. The van der Waals surface area contributed by atoms with Crippen molar-refractivity contribution in [2.24, 2.45) is 4.99 Å². The molecule has 0 aliphatic carbocycles. The molecule has 0 saturated heterocycles. The molecule has 0 aliphatic rings. The van der Waals surface area contributed by atoms with Gasteiger partial charge in [0.05, 0.1) is 0 Å². The maximum absolute atomic E-state index is 4.55. The van der Waals surface area contributed by atoms with E-state index in [1.54, 1.807) is 0 Å². The highest BCUT2D eigenvalue weighted by Crippen LogP contribution is 2.18. The number of benzene rings is 1. The van der Waals surface area contributed by atoms with Crippen LogP contribution in [0.5, 0.6) is 0 Å². The molecule has 0 saturated carbocycles. The molecule has 84 valence electrons. The lowest BCUT2D eigenvalue weighted by Crippen LogP contribution is -1.93. The summed E-state index contributed by atoms with van der Waals surface area (Å²) < 4.78 is 0. The fourth-order valence-corrected chi connectivity index (χ4v) is 1.33. The van der Waals surface area contributed by atoms with E-state index in [0.29, 0.717) is 0 Å². The lowest BCUT2D eigenvalue weighted by molar-refractivity contribution is 1.28. The van der Waals surface area contributed by atoms with Gasteiger partial charge in [-0.05, 0) is 44.4 Å². The highest BCUT2D eigenvalue weighted by atomic mass is 14.7. The van der Waals surface area contributed by atoms with Gasteiger partial charge in [0.1, 0.15) is 0 Å². The third-order valence-electron chi connectivity index (χ3n) is 2.70. The molecule has 1 rings (SSSR count). The number of rotatable bonds is 3. The minimum atomic E-state index is 0.993. The standard InChI is InChI=1S/C15H19N/c1-11(2)13(4)16-14(5)12(3)15-9-7-6-8-10-15/h6-10H,1H2,2-5H3/b14-12+,16-13+. The summed E-state index contributed by atoms with van der Waals surface area (Å²) in [5.74, 6) is 0. The zero-order valence-electron chi connectivity index (χ0n) is 10.5. The van der Waals surface area contributed by atoms with Crippen LogP contribution in [0.25, 0.3) is 5.57 Å². The van der Waals surface area contributed by atoms with Gasteiger partial charge in [0, 0.05) is 11.4 Å². The first-order valence-electron chi connectivity index (χ1n) is 5.46. The van der Waals surface area contributed by atoms with E-state index in [1.165, 1.54) is 11.1 Å². The minimum absolute atomic E-state index is 0.993. The molecule has 0 unspecified atom stereocenters. The molecule has 0 aromatic heterocycles. The molecule has 0 heterocycles. The van der Waals surface area contributed by atoms with Gasteiger partial charge < -0.3 is 0 Å². The van der Waals surface area contributed by atoms with Crippen molar-refractivity contribution in [3.8, 4) is 0 Å². The number of hydrogen-bond donors (Lipinski definition) is 0. The van der Waals surface area contributed by atoms with Gasteiger partial charge in [-0.1, -0.05) is 36.9 Å². The second-order valence-corrected chi connectivity index (χ2v) is 4.05. The molecule has 1 heteroatoms. The molecule has 0 radical (unpaired) electrons. The van der Waals surface area contributed by atoms with Crippen molar-refractivity contribution in [1.29, 1.82) is 0 Å². The van der Waals surface area contributed by atoms with Crippen LogP contribution >= 0.6 is 0 Å². The number of aliphatic imine (C=N–C) groups is 1. The summed E-state index contributed by atoms with van der Waals surface area (Å²) in [5, 5.41) is 0. The van der Waals surface area contributed by atoms with Crippen LogP contribution in [0.1, 0.15) is 33.3 Å². The molecule has 0 amide bonds. The molecule has 0 aliphatic heterocycles. The van der Waals surface area contributed by atoms with Crippen LogP contribution in [0.15, 0.2) is 53.2 Å². The second kappa shape index (κ2) is 5.45. The highest BCUT2D eigenvalue weighted by molar-refractivity contribution is 5.98. The average molecular weight is 213 g/mol. The maximum Gasteiger partial charge on any atom is 0.0411 e. The highest BCUT2D eigenvalue weighted by Gasteiger charge is 1.99. The number of allylic oxidation sites excluding steroid dienone is 3. The third-order valence-corrected chi connectivity index (χ3v) is 2.70. The lowest BCUT2D eigenvalue weighted by Gasteiger charge is -2.05. The van der Waals surface area contributed by atoms with Crippen LogP contribution in [0.2, 0.25) is 0 Å². The van der Waals surface area contributed by atoms with Gasteiger partial charge in [0.15, 0.2) is 0 Å². The molecule has 1 aromatic carbocycles. The molecule has 0 N–H and O–H groups in total. The Morgan fingerprint density at radius 3 is 2.06 bits per heavy atom. The van der Waals surface area contributed by atoms with Crippen LogP contribution in [-0.2, 0) is 0 Å². The predicted molar refractivity (Wildman–Crippen MR) is 72.6 cm³/mol. The zero-order chi connectivity index (χ0) is 12.1. The van der Waals surface area contributed by atoms with Gasteiger partial charge in [-0.25, -0.2) is 0 Å². The Labute approximate surface area is 98.2 Å². The van der Waals surface area contributed by atoms with E-state index < -0.39 is 0 Å². The SMILES string of the molecule is C=C(C)/C(C)=N/C(C)=C(\C)c1ccccc1. The summed E-state index contributed by atoms with van der Waals surface area (Å²) in [5.41, 5.74) is 5.49. The van der Waals surface area contributed by atoms with Crippen molar-refractivity contribution in [3.05, 3.63) is 53.7 Å². The molecular formula is C15H19N. The summed E-state index contributed by atoms with van der Waals surface area (Å²) in [7, 11) is 0. The molecule has 0 spiro atoms. The first-order valence-corrected chi connectivity index (χ1v) is 5.46. The van der Waals surface area contributed by atoms with Crippen LogP contribution < -0.4 is 0 Å². The summed E-state index contributed by atoms with van der Waals surface area (Å²) in [4.78, 5) is 4.55. The third kappa shape index (κ3) is 3.20. The van der Waals surface area contributed by atoms with Crippen LogP contribution in [-0.4, -0.2) is 5.71 Å². The van der Waals surface area contributed by atoms with Gasteiger partial charge in [0.2, 0.25) is 0 Å². The summed E-state index contributed by atoms with van der Waals surface area (Å²) in [6.07, 6.45) is 0. The van der Waals surface area contributed by atoms with E-state index in [2.05, 4.69) is 30.6 Å². The molecular weight excluding hydrogens is 194 g/mol. The second-order valence-electron chi connectivity index (χ2n) is 4.05. The van der Waals surface area contributed by atoms with Crippen molar-refractivity contribution < 1.29 is 0 Å². The summed E-state index contributed by atoms with van der Waals surface area (Å²) >= 11 is 0. The average Bonchev–Trinajstić information content (AvgIpc) is 2.28. The maximum atomic E-state index is 4.55. The van der Waals surface area contributed by atoms with Gasteiger partial charge in [0.25, 0.3) is 0 Å². The van der Waals surface area contributed by atoms with E-state index in [4.69, 9.17) is 0 Å². The number of nitrogens with zero attached hydrogens (tertiary/aromatic N) is 1. The van der Waals surface area contributed by atoms with Crippen molar-refractivity contribution >= 4 is 11.3 Å². The van der Waals surface area contributed by atoms with E-state index in [0.717, 1.165) is 17.0 Å². The van der Waals surface area contributed by atoms with Crippen LogP contribution in [0, 0.1) is 0 Å². The molecule has 0 atom stereocenters. The zero-order valence-corrected chi connectivity index (χ0v) is 10.5. The molecule has 1 aromatic rings. The van der Waals surface area contributed by atoms with E-state index in [9.17, 15) is 0 Å². The van der Waals surface area contributed by atoms with Gasteiger partial charge in [-0.2, -0.15) is 0 Å². The first-order chi connectivity index (χ1) is 7.52. The lowest BCUT2D eigenvalue weighted by atomic mass is 10.1. The Bertz CT molecular complexity index is 436. The van der Waals surface area contributed by atoms with Crippen molar-refractivity contribution in [2.45, 2.75) is 27.7 Å². The molecule has 0 fully saturated rings. The van der Waals surface area contributed by atoms with Gasteiger partial charge in [-0.15, -0.1) is 0 Å². The summed E-state index contributed by atoms with van der Waals surface area (Å²) in [6, 6.07) is 10.3. The van der Waals surface area contributed by atoms with Crippen molar-refractivity contribution in [2.75, 3.05) is 0 Å². The number of hydrogen-bond acceptors (Lipinski definition) is 1. The minimum Gasteiger partial charge on any atom is -0.258 e. The van der Waals surface area contributed by atoms with Gasteiger partial charge >= 0.3 is 0 Å². The quantitative estimate of drug-likeness (QED) is 0.657. The molecule has 16 heavy (non-hydrogen) atoms. The molecule has 1 nitrogen and oxygen atoms in total. The Balaban J connectivity index is 3.07. The Morgan fingerprint density at radius 2 is 1.56 bits per heavy atom. The topological polar surface area (TPSA) is 12.4 Å². The van der Waals surface area contributed by atoms with Gasteiger partial charge in [-0.3, -0.25) is 4.99 Å². The Kier molecular flexibility index (Phi) is 4.24. The smallest absolute Gasteiger partial charge is 0.0411 e. The molecule has 0 bridgehead atoms. The van der Waals surface area contributed by atoms with Crippen LogP contribution in [0.4, 0.5) is 0 Å². The van der Waals surface area contributed by atoms with E-state index in [1.807, 2.05) is 39.0 Å².